The standard InChI is InChI=1S/C15H22FN3O4/c1-15(2,3)23-14(22)19-6-4-5-18-12-8-10(16)9(13(20)21)7-11(12)17/h7-8,18H,4-6,17H2,1-3H3,(H,19,22)(H,20,21). The number of carboxylic acids is 1. The average molecular weight is 327 g/mol. The van der Waals surface area contributed by atoms with Crippen molar-refractivity contribution in [2.45, 2.75) is 32.8 Å². The van der Waals surface area contributed by atoms with E-state index in [2.05, 4.69) is 10.6 Å². The Morgan fingerprint density at radius 1 is 1.30 bits per heavy atom. The number of carboxylic acid groups (broad SMARTS) is 1. The molecule has 0 bridgehead atoms. The Morgan fingerprint density at radius 2 is 1.96 bits per heavy atom. The molecule has 1 rings (SSSR count). The number of amides is 1. The highest BCUT2D eigenvalue weighted by atomic mass is 19.1. The van der Waals surface area contributed by atoms with Crippen molar-refractivity contribution < 1.29 is 23.8 Å². The maximum Gasteiger partial charge on any atom is 0.407 e. The number of halogens is 1. The Morgan fingerprint density at radius 3 is 2.52 bits per heavy atom. The number of hydrogen-bond donors (Lipinski definition) is 4. The second-order valence-electron chi connectivity index (χ2n) is 5.93. The van der Waals surface area contributed by atoms with Crippen LogP contribution in [0.5, 0.6) is 0 Å². The number of carbonyl (C=O) groups excluding carboxylic acids is 1. The Balaban J connectivity index is 2.41. The minimum atomic E-state index is -1.37. The Bertz CT molecular complexity index is 585. The zero-order valence-corrected chi connectivity index (χ0v) is 13.4. The van der Waals surface area contributed by atoms with Gasteiger partial charge in [0, 0.05) is 13.1 Å². The Hall–Kier alpha value is -2.51. The summed E-state index contributed by atoms with van der Waals surface area (Å²) in [6.45, 7) is 6.11. The van der Waals surface area contributed by atoms with Gasteiger partial charge in [-0.2, -0.15) is 0 Å². The maximum absolute atomic E-state index is 13.6. The van der Waals surface area contributed by atoms with Crippen LogP contribution in [0.25, 0.3) is 0 Å². The molecule has 0 aliphatic heterocycles. The minimum absolute atomic E-state index is 0.143. The molecule has 0 saturated carbocycles. The molecule has 1 aromatic rings. The first-order chi connectivity index (χ1) is 10.6. The topological polar surface area (TPSA) is 114 Å². The van der Waals surface area contributed by atoms with Gasteiger partial charge < -0.3 is 26.2 Å². The van der Waals surface area contributed by atoms with E-state index in [0.717, 1.165) is 12.1 Å². The summed E-state index contributed by atoms with van der Waals surface area (Å²) in [6, 6.07) is 2.11. The van der Waals surface area contributed by atoms with Crippen molar-refractivity contribution in [3.8, 4) is 0 Å². The fourth-order valence-electron chi connectivity index (χ4n) is 1.72. The van der Waals surface area contributed by atoms with Crippen molar-refractivity contribution in [2.24, 2.45) is 0 Å². The zero-order chi connectivity index (χ0) is 17.6. The summed E-state index contributed by atoms with van der Waals surface area (Å²) < 4.78 is 18.6. The molecule has 1 amide bonds. The van der Waals surface area contributed by atoms with Gasteiger partial charge in [-0.3, -0.25) is 0 Å². The largest absolute Gasteiger partial charge is 0.478 e. The number of nitrogen functional groups attached to an aromatic ring is 1. The van der Waals surface area contributed by atoms with Crippen molar-refractivity contribution in [3.05, 3.63) is 23.5 Å². The summed E-state index contributed by atoms with van der Waals surface area (Å²) in [7, 11) is 0. The molecule has 0 heterocycles. The van der Waals surface area contributed by atoms with Crippen molar-refractivity contribution in [2.75, 3.05) is 24.1 Å². The van der Waals surface area contributed by atoms with Crippen LogP contribution in [0.2, 0.25) is 0 Å². The second-order valence-corrected chi connectivity index (χ2v) is 5.93. The molecule has 23 heavy (non-hydrogen) atoms. The van der Waals surface area contributed by atoms with E-state index in [-0.39, 0.29) is 5.69 Å². The molecule has 0 aliphatic carbocycles. The van der Waals surface area contributed by atoms with Gasteiger partial charge in [-0.25, -0.2) is 14.0 Å². The van der Waals surface area contributed by atoms with Crippen molar-refractivity contribution in [1.29, 1.82) is 0 Å². The van der Waals surface area contributed by atoms with E-state index in [4.69, 9.17) is 15.6 Å². The molecule has 0 radical (unpaired) electrons. The number of ether oxygens (including phenoxy) is 1. The van der Waals surface area contributed by atoms with E-state index in [9.17, 15) is 14.0 Å². The number of carbonyl (C=O) groups is 2. The van der Waals surface area contributed by atoms with Gasteiger partial charge in [0.15, 0.2) is 0 Å². The predicted molar refractivity (Wildman–Crippen MR) is 85.1 cm³/mol. The molecule has 8 heteroatoms. The lowest BCUT2D eigenvalue weighted by Gasteiger charge is -2.19. The molecule has 0 saturated heterocycles. The van der Waals surface area contributed by atoms with Crippen LogP contribution in [-0.2, 0) is 4.74 Å². The first-order valence-electron chi connectivity index (χ1n) is 7.13. The molecule has 7 nitrogen and oxygen atoms in total. The van der Waals surface area contributed by atoms with Crippen LogP contribution in [0.1, 0.15) is 37.6 Å². The summed E-state index contributed by atoms with van der Waals surface area (Å²) in [5.41, 5.74) is 5.10. The summed E-state index contributed by atoms with van der Waals surface area (Å²) >= 11 is 0. The van der Waals surface area contributed by atoms with Gasteiger partial charge in [-0.1, -0.05) is 0 Å². The van der Waals surface area contributed by atoms with E-state index in [1.165, 1.54) is 0 Å². The number of alkyl carbamates (subject to hydrolysis) is 1. The van der Waals surface area contributed by atoms with Crippen LogP contribution in [-0.4, -0.2) is 35.9 Å². The smallest absolute Gasteiger partial charge is 0.407 e. The fraction of sp³-hybridized carbons (Fsp3) is 0.467. The molecule has 0 aliphatic rings. The summed E-state index contributed by atoms with van der Waals surface area (Å²) in [5, 5.41) is 14.3. The molecule has 0 aromatic heterocycles. The van der Waals surface area contributed by atoms with Crippen LogP contribution in [0.3, 0.4) is 0 Å². The number of benzene rings is 1. The van der Waals surface area contributed by atoms with Crippen LogP contribution in [0.4, 0.5) is 20.6 Å². The molecule has 0 fully saturated rings. The molecule has 128 valence electrons. The summed E-state index contributed by atoms with van der Waals surface area (Å²) in [6.07, 6.45) is 0.0509. The maximum atomic E-state index is 13.6. The number of nitrogens with one attached hydrogen (secondary N) is 2. The van der Waals surface area contributed by atoms with Crippen molar-refractivity contribution in [3.63, 3.8) is 0 Å². The van der Waals surface area contributed by atoms with Gasteiger partial charge in [-0.05, 0) is 39.3 Å². The average Bonchev–Trinajstić information content (AvgIpc) is 2.39. The summed E-state index contributed by atoms with van der Waals surface area (Å²) in [5.74, 6) is -2.23. The SMILES string of the molecule is CC(C)(C)OC(=O)NCCCNc1cc(F)c(C(=O)O)cc1N. The van der Waals surface area contributed by atoms with E-state index < -0.39 is 29.0 Å². The van der Waals surface area contributed by atoms with Gasteiger partial charge in [0.1, 0.15) is 11.4 Å². The van der Waals surface area contributed by atoms with E-state index in [1.54, 1.807) is 20.8 Å². The first-order valence-corrected chi connectivity index (χ1v) is 7.13. The third-order valence-electron chi connectivity index (χ3n) is 2.71. The van der Waals surface area contributed by atoms with Crippen LogP contribution >= 0.6 is 0 Å². The lowest BCUT2D eigenvalue weighted by atomic mass is 10.1. The second kappa shape index (κ2) is 7.66. The van der Waals surface area contributed by atoms with E-state index in [1.807, 2.05) is 0 Å². The Kier molecular flexibility index (Phi) is 6.18. The monoisotopic (exact) mass is 327 g/mol. The van der Waals surface area contributed by atoms with Gasteiger partial charge in [-0.15, -0.1) is 0 Å². The zero-order valence-electron chi connectivity index (χ0n) is 13.4. The first kappa shape index (κ1) is 18.5. The number of rotatable bonds is 6. The number of aromatic carboxylic acids is 1. The highest BCUT2D eigenvalue weighted by Crippen LogP contribution is 2.23. The van der Waals surface area contributed by atoms with Crippen LogP contribution < -0.4 is 16.4 Å². The normalized spacial score (nSPS) is 11.0. The molecule has 0 atom stereocenters. The van der Waals surface area contributed by atoms with E-state index in [0.29, 0.717) is 25.2 Å². The molecular formula is C15H22FN3O4. The lowest BCUT2D eigenvalue weighted by molar-refractivity contribution is 0.0527. The number of hydrogen-bond acceptors (Lipinski definition) is 5. The van der Waals surface area contributed by atoms with E-state index >= 15 is 0 Å². The Labute approximate surface area is 134 Å². The predicted octanol–water partition coefficient (Wildman–Crippen LogP) is 2.43. The fourth-order valence-corrected chi connectivity index (χ4v) is 1.72. The molecule has 5 N–H and O–H groups in total. The van der Waals surface area contributed by atoms with Crippen molar-refractivity contribution in [1.82, 2.24) is 5.32 Å². The summed E-state index contributed by atoms with van der Waals surface area (Å²) in [4.78, 5) is 22.2. The molecule has 1 aromatic carbocycles. The lowest BCUT2D eigenvalue weighted by Crippen LogP contribution is -2.33. The third-order valence-corrected chi connectivity index (χ3v) is 2.71. The minimum Gasteiger partial charge on any atom is -0.478 e. The van der Waals surface area contributed by atoms with Gasteiger partial charge in [0.25, 0.3) is 0 Å². The molecular weight excluding hydrogens is 305 g/mol. The number of anilines is 2. The molecule has 0 spiro atoms. The van der Waals surface area contributed by atoms with Gasteiger partial charge in [0.05, 0.1) is 16.9 Å². The number of nitrogens with two attached hydrogens (primary N) is 1. The van der Waals surface area contributed by atoms with Crippen LogP contribution in [0, 0.1) is 5.82 Å². The third kappa shape index (κ3) is 6.41. The van der Waals surface area contributed by atoms with Gasteiger partial charge in [0.2, 0.25) is 0 Å². The van der Waals surface area contributed by atoms with Gasteiger partial charge >= 0.3 is 12.1 Å². The highest BCUT2D eigenvalue weighted by molar-refractivity contribution is 5.90. The van der Waals surface area contributed by atoms with Crippen LogP contribution in [0.15, 0.2) is 12.1 Å². The highest BCUT2D eigenvalue weighted by Gasteiger charge is 2.15. The quantitative estimate of drug-likeness (QED) is 0.471. The molecule has 0 unspecified atom stereocenters. The van der Waals surface area contributed by atoms with Crippen molar-refractivity contribution >= 4 is 23.4 Å².